The summed E-state index contributed by atoms with van der Waals surface area (Å²) >= 11 is 0. The smallest absolute Gasteiger partial charge is 0.219 e. The van der Waals surface area contributed by atoms with E-state index < -0.39 is 8.07 Å². The van der Waals surface area contributed by atoms with Gasteiger partial charge in [0.25, 0.3) is 0 Å². The zero-order chi connectivity index (χ0) is 15.8. The largest absolute Gasteiger partial charge is 0.425 e. The molecule has 2 rings (SSSR count). The Morgan fingerprint density at radius 3 is 2.43 bits per heavy atom. The fourth-order valence-electron chi connectivity index (χ4n) is 2.91. The molecule has 0 spiro atoms. The van der Waals surface area contributed by atoms with Crippen LogP contribution in [0, 0.1) is 5.92 Å². The Morgan fingerprint density at radius 2 is 1.90 bits per heavy atom. The Kier molecular flexibility index (Phi) is 4.64. The van der Waals surface area contributed by atoms with Crippen LogP contribution in [-0.4, -0.2) is 24.3 Å². The lowest BCUT2D eigenvalue weighted by Gasteiger charge is -2.38. The van der Waals surface area contributed by atoms with Crippen LogP contribution in [0.5, 0.6) is 0 Å². The lowest BCUT2D eigenvalue weighted by molar-refractivity contribution is 0.245. The van der Waals surface area contributed by atoms with Crippen molar-refractivity contribution in [2.75, 3.05) is 0 Å². The molecule has 0 aromatic carbocycles. The number of nitrogens with two attached hydrogens (primary N) is 1. The maximum absolute atomic E-state index is 5.90. The highest BCUT2D eigenvalue weighted by atomic mass is 28.3. The minimum Gasteiger partial charge on any atom is -0.425 e. The van der Waals surface area contributed by atoms with E-state index in [0.29, 0.717) is 22.9 Å². The third-order valence-electron chi connectivity index (χ3n) is 5.49. The zero-order valence-electron chi connectivity index (χ0n) is 14.4. The van der Waals surface area contributed by atoms with Crippen LogP contribution < -0.4 is 5.73 Å². The summed E-state index contributed by atoms with van der Waals surface area (Å²) in [5.74, 6) is 2.61. The van der Waals surface area contributed by atoms with Crippen LogP contribution in [0.4, 0.5) is 0 Å². The summed E-state index contributed by atoms with van der Waals surface area (Å²) in [6.07, 6.45) is 3.09. The first-order valence-corrected chi connectivity index (χ1v) is 11.4. The molecule has 1 aliphatic carbocycles. The molecule has 1 heterocycles. The van der Waals surface area contributed by atoms with Crippen molar-refractivity contribution >= 4 is 8.07 Å². The Morgan fingerprint density at radius 1 is 1.29 bits per heavy atom. The molecular formula is C16H31N3OSi. The van der Waals surface area contributed by atoms with Crippen molar-refractivity contribution in [2.45, 2.75) is 83.1 Å². The van der Waals surface area contributed by atoms with E-state index >= 15 is 0 Å². The highest BCUT2D eigenvalue weighted by Gasteiger charge is 2.37. The van der Waals surface area contributed by atoms with Gasteiger partial charge >= 0.3 is 0 Å². The Hall–Kier alpha value is -0.683. The van der Waals surface area contributed by atoms with Crippen molar-refractivity contribution in [2.24, 2.45) is 11.7 Å². The standard InChI is InChI=1S/C16H31N3OSi/c1-11(10-21(5,6)16(2,3)4)15-19-18-14(20-15)9-12-7-13(17)8-12/h11-13H,7-10,17H2,1-6H3/t11-,12?,13?/m0/s1. The molecule has 0 unspecified atom stereocenters. The van der Waals surface area contributed by atoms with E-state index in [4.69, 9.17) is 10.2 Å². The summed E-state index contributed by atoms with van der Waals surface area (Å²) in [4.78, 5) is 0. The van der Waals surface area contributed by atoms with Crippen LogP contribution >= 0.6 is 0 Å². The van der Waals surface area contributed by atoms with Crippen LogP contribution in [-0.2, 0) is 6.42 Å². The number of hydrogen-bond donors (Lipinski definition) is 1. The molecule has 1 saturated carbocycles. The predicted molar refractivity (Wildman–Crippen MR) is 89.1 cm³/mol. The molecular weight excluding hydrogens is 278 g/mol. The number of rotatable bonds is 5. The first-order valence-electron chi connectivity index (χ1n) is 8.16. The molecule has 5 heteroatoms. The highest BCUT2D eigenvalue weighted by molar-refractivity contribution is 6.80. The van der Waals surface area contributed by atoms with E-state index in [1.165, 1.54) is 6.04 Å². The molecule has 0 saturated heterocycles. The second kappa shape index (κ2) is 5.84. The molecule has 0 amide bonds. The summed E-state index contributed by atoms with van der Waals surface area (Å²) in [5, 5.41) is 8.92. The Balaban J connectivity index is 1.94. The van der Waals surface area contributed by atoms with Gasteiger partial charge in [-0.2, -0.15) is 0 Å². The van der Waals surface area contributed by atoms with Crippen molar-refractivity contribution < 1.29 is 4.42 Å². The summed E-state index contributed by atoms with van der Waals surface area (Å²) in [7, 11) is -1.32. The fourth-order valence-corrected chi connectivity index (χ4v) is 5.23. The molecule has 0 bridgehead atoms. The average Bonchev–Trinajstić information content (AvgIpc) is 2.73. The monoisotopic (exact) mass is 309 g/mol. The van der Waals surface area contributed by atoms with Gasteiger partial charge in [0, 0.05) is 18.4 Å². The van der Waals surface area contributed by atoms with Crippen molar-refractivity contribution in [1.82, 2.24) is 10.2 Å². The van der Waals surface area contributed by atoms with E-state index in [1.807, 2.05) is 0 Å². The lowest BCUT2D eigenvalue weighted by atomic mass is 9.79. The molecule has 1 aromatic rings. The third kappa shape index (κ3) is 3.95. The van der Waals surface area contributed by atoms with Crippen LogP contribution in [0.15, 0.2) is 4.42 Å². The van der Waals surface area contributed by atoms with Crippen LogP contribution in [0.2, 0.25) is 24.2 Å². The molecule has 1 atom stereocenters. The van der Waals surface area contributed by atoms with E-state index in [-0.39, 0.29) is 0 Å². The summed E-state index contributed by atoms with van der Waals surface area (Å²) < 4.78 is 5.90. The van der Waals surface area contributed by atoms with Crippen molar-refractivity contribution in [3.05, 3.63) is 11.8 Å². The second-order valence-electron chi connectivity index (χ2n) is 8.57. The van der Waals surface area contributed by atoms with Crippen molar-refractivity contribution in [3.63, 3.8) is 0 Å². The SMILES string of the molecule is C[C@@H](C[Si](C)(C)C(C)(C)C)c1nnc(CC2CC(N)C2)o1. The maximum atomic E-state index is 5.90. The van der Waals surface area contributed by atoms with Gasteiger partial charge in [-0.3, -0.25) is 0 Å². The fraction of sp³-hybridized carbons (Fsp3) is 0.875. The molecule has 1 aliphatic rings. The quantitative estimate of drug-likeness (QED) is 0.836. The minimum absolute atomic E-state index is 0.357. The Labute approximate surface area is 129 Å². The molecule has 1 aromatic heterocycles. The normalized spacial score (nSPS) is 24.7. The van der Waals surface area contributed by atoms with Gasteiger partial charge in [-0.05, 0) is 29.8 Å². The van der Waals surface area contributed by atoms with Crippen molar-refractivity contribution in [3.8, 4) is 0 Å². The molecule has 1 fully saturated rings. The van der Waals surface area contributed by atoms with Gasteiger partial charge in [0.15, 0.2) is 0 Å². The van der Waals surface area contributed by atoms with E-state index in [1.54, 1.807) is 0 Å². The number of nitrogens with zero attached hydrogens (tertiary/aromatic N) is 2. The lowest BCUT2D eigenvalue weighted by Crippen LogP contribution is -2.38. The van der Waals surface area contributed by atoms with Gasteiger partial charge in [-0.1, -0.05) is 40.8 Å². The molecule has 0 radical (unpaired) electrons. The third-order valence-corrected chi connectivity index (χ3v) is 11.2. The maximum Gasteiger partial charge on any atom is 0.219 e. The van der Waals surface area contributed by atoms with Crippen LogP contribution in [0.1, 0.15) is 58.2 Å². The average molecular weight is 310 g/mol. The van der Waals surface area contributed by atoms with Crippen LogP contribution in [0.3, 0.4) is 0 Å². The first kappa shape index (κ1) is 16.7. The molecule has 21 heavy (non-hydrogen) atoms. The van der Waals surface area contributed by atoms with Gasteiger partial charge in [-0.25, -0.2) is 0 Å². The number of aromatic nitrogens is 2. The van der Waals surface area contributed by atoms with E-state index in [2.05, 4.69) is 51.0 Å². The van der Waals surface area contributed by atoms with Gasteiger partial charge in [-0.15, -0.1) is 10.2 Å². The van der Waals surface area contributed by atoms with E-state index in [9.17, 15) is 0 Å². The minimum atomic E-state index is -1.32. The summed E-state index contributed by atoms with van der Waals surface area (Å²) in [6, 6.07) is 1.57. The predicted octanol–water partition coefficient (Wildman–Crippen LogP) is 3.96. The molecule has 0 aliphatic heterocycles. The van der Waals surface area contributed by atoms with Gasteiger partial charge in [0.1, 0.15) is 0 Å². The molecule has 120 valence electrons. The van der Waals surface area contributed by atoms with Gasteiger partial charge in [0.05, 0.1) is 8.07 Å². The first-order chi connectivity index (χ1) is 9.58. The Bertz CT molecular complexity index is 472. The molecule has 4 nitrogen and oxygen atoms in total. The van der Waals surface area contributed by atoms with Crippen molar-refractivity contribution in [1.29, 1.82) is 0 Å². The second-order valence-corrected chi connectivity index (χ2v) is 14.3. The number of hydrogen-bond acceptors (Lipinski definition) is 4. The highest BCUT2D eigenvalue weighted by Crippen LogP contribution is 2.42. The summed E-state index contributed by atoms with van der Waals surface area (Å²) in [5.41, 5.74) is 5.82. The van der Waals surface area contributed by atoms with E-state index in [0.717, 1.165) is 31.0 Å². The molecule has 2 N–H and O–H groups in total. The van der Waals surface area contributed by atoms with Gasteiger partial charge in [0.2, 0.25) is 11.8 Å². The topological polar surface area (TPSA) is 64.9 Å². The van der Waals surface area contributed by atoms with Crippen LogP contribution in [0.25, 0.3) is 0 Å². The van der Waals surface area contributed by atoms with Gasteiger partial charge < -0.3 is 10.2 Å². The summed E-state index contributed by atoms with van der Waals surface area (Å²) in [6.45, 7) is 14.2. The zero-order valence-corrected chi connectivity index (χ0v) is 15.4.